The lowest BCUT2D eigenvalue weighted by molar-refractivity contribution is -0.165. The third-order valence-corrected chi connectivity index (χ3v) is 3.90. The number of rotatable bonds is 1. The minimum atomic E-state index is -1.50. The smallest absolute Gasteiger partial charge is 0.159 e. The van der Waals surface area contributed by atoms with Crippen molar-refractivity contribution in [1.82, 2.24) is 5.32 Å². The molecule has 0 spiro atoms. The van der Waals surface area contributed by atoms with Gasteiger partial charge in [-0.3, -0.25) is 4.99 Å². The summed E-state index contributed by atoms with van der Waals surface area (Å²) in [5, 5.41) is 22.5. The van der Waals surface area contributed by atoms with Crippen molar-refractivity contribution in [2.24, 2.45) is 4.99 Å². The lowest BCUT2D eigenvalue weighted by Gasteiger charge is -2.38. The number of fused-ring (bicyclic) bond motifs is 1. The summed E-state index contributed by atoms with van der Waals surface area (Å²) >= 11 is 1.28. The standard InChI is InChI=1S/C9H15FN2O3S/c1-3(13)7-6(14)4(10)5-8(15-7)16-9(11-2)12-5/h3-8,13-14H,1-2H3,(H,11,12)/t3-,4?,5+,6?,7+,8+/m0/s1. The summed E-state index contributed by atoms with van der Waals surface area (Å²) < 4.78 is 19.3. The summed E-state index contributed by atoms with van der Waals surface area (Å²) in [6.07, 6.45) is -4.64. The first kappa shape index (κ1) is 12.1. The zero-order chi connectivity index (χ0) is 11.9. The fraction of sp³-hybridized carbons (Fsp3) is 0.889. The Hall–Kier alpha value is -0.370. The van der Waals surface area contributed by atoms with Crippen molar-refractivity contribution >= 4 is 16.9 Å². The molecule has 0 saturated carbocycles. The minimum absolute atomic E-state index is 0.472. The highest BCUT2D eigenvalue weighted by molar-refractivity contribution is 8.14. The Balaban J connectivity index is 2.14. The van der Waals surface area contributed by atoms with Gasteiger partial charge < -0.3 is 20.3 Å². The van der Waals surface area contributed by atoms with Crippen LogP contribution in [-0.4, -0.2) is 58.4 Å². The second-order valence-corrected chi connectivity index (χ2v) is 5.02. The third kappa shape index (κ3) is 1.92. The molecule has 0 bridgehead atoms. The molecule has 2 aliphatic rings. The molecule has 0 aromatic carbocycles. The lowest BCUT2D eigenvalue weighted by Crippen LogP contribution is -2.56. The Morgan fingerprint density at radius 2 is 2.31 bits per heavy atom. The van der Waals surface area contributed by atoms with Gasteiger partial charge in [-0.2, -0.15) is 0 Å². The minimum Gasteiger partial charge on any atom is -0.391 e. The number of hydrogen-bond acceptors (Lipinski definition) is 6. The van der Waals surface area contributed by atoms with Gasteiger partial charge in [0.2, 0.25) is 0 Å². The van der Waals surface area contributed by atoms with Crippen molar-refractivity contribution in [2.45, 2.75) is 42.9 Å². The van der Waals surface area contributed by atoms with Gasteiger partial charge in [0.15, 0.2) is 11.3 Å². The number of nitrogens with one attached hydrogen (secondary N) is 1. The topological polar surface area (TPSA) is 74.1 Å². The maximum atomic E-state index is 13.9. The maximum Gasteiger partial charge on any atom is 0.159 e. The fourth-order valence-corrected chi connectivity index (χ4v) is 2.93. The monoisotopic (exact) mass is 250 g/mol. The van der Waals surface area contributed by atoms with E-state index in [0.717, 1.165) is 0 Å². The molecule has 0 radical (unpaired) electrons. The van der Waals surface area contributed by atoms with E-state index >= 15 is 0 Å². The predicted octanol–water partition coefficient (Wildman–Crippen LogP) is -0.518. The third-order valence-electron chi connectivity index (χ3n) is 2.74. The van der Waals surface area contributed by atoms with Crippen molar-refractivity contribution in [3.8, 4) is 0 Å². The van der Waals surface area contributed by atoms with Crippen LogP contribution in [0.25, 0.3) is 0 Å². The SMILES string of the molecule is CNC1=N[C@@H]2C(F)C(O)[C@@H]([C@H](C)O)O[C@@H]2S1. The molecule has 0 amide bonds. The van der Waals surface area contributed by atoms with Crippen LogP contribution in [0.15, 0.2) is 4.99 Å². The molecule has 1 saturated heterocycles. The average Bonchev–Trinajstić information content (AvgIpc) is 2.66. The van der Waals surface area contributed by atoms with Gasteiger partial charge in [0.05, 0.1) is 6.10 Å². The largest absolute Gasteiger partial charge is 0.391 e. The van der Waals surface area contributed by atoms with Crippen LogP contribution in [0.1, 0.15) is 6.92 Å². The number of alkyl halides is 1. The molecule has 3 N–H and O–H groups in total. The van der Waals surface area contributed by atoms with Crippen molar-refractivity contribution in [1.29, 1.82) is 0 Å². The Morgan fingerprint density at radius 3 is 2.88 bits per heavy atom. The molecule has 5 nitrogen and oxygen atoms in total. The summed E-state index contributed by atoms with van der Waals surface area (Å²) in [4.78, 5) is 4.08. The van der Waals surface area contributed by atoms with E-state index < -0.39 is 36.0 Å². The van der Waals surface area contributed by atoms with Crippen LogP contribution in [-0.2, 0) is 4.74 Å². The number of hydrogen-bond donors (Lipinski definition) is 3. The summed E-state index contributed by atoms with van der Waals surface area (Å²) in [6, 6.07) is -0.697. The predicted molar refractivity (Wildman–Crippen MR) is 59.1 cm³/mol. The number of aliphatic hydroxyl groups excluding tert-OH is 2. The molecular weight excluding hydrogens is 235 g/mol. The Morgan fingerprint density at radius 1 is 1.62 bits per heavy atom. The summed E-state index contributed by atoms with van der Waals surface area (Å²) in [5.74, 6) is 0. The van der Waals surface area contributed by atoms with Gasteiger partial charge >= 0.3 is 0 Å². The maximum absolute atomic E-state index is 13.9. The number of aliphatic hydroxyl groups is 2. The number of nitrogens with zero attached hydrogens (tertiary/aromatic N) is 1. The first-order valence-electron chi connectivity index (χ1n) is 5.12. The number of aliphatic imine (C=N–C) groups is 1. The molecule has 2 unspecified atom stereocenters. The van der Waals surface area contributed by atoms with Crippen LogP contribution >= 0.6 is 11.8 Å². The van der Waals surface area contributed by atoms with E-state index in [1.54, 1.807) is 7.05 Å². The van der Waals surface area contributed by atoms with Crippen LogP contribution in [0.2, 0.25) is 0 Å². The average molecular weight is 250 g/mol. The van der Waals surface area contributed by atoms with E-state index in [-0.39, 0.29) is 0 Å². The molecule has 0 aromatic heterocycles. The molecule has 2 heterocycles. The molecule has 16 heavy (non-hydrogen) atoms. The van der Waals surface area contributed by atoms with E-state index in [4.69, 9.17) is 4.74 Å². The molecular formula is C9H15FN2O3S. The van der Waals surface area contributed by atoms with E-state index in [1.807, 2.05) is 0 Å². The van der Waals surface area contributed by atoms with E-state index in [2.05, 4.69) is 10.3 Å². The quantitative estimate of drug-likeness (QED) is 0.584. The molecule has 92 valence electrons. The van der Waals surface area contributed by atoms with Gasteiger partial charge in [-0.15, -0.1) is 0 Å². The highest BCUT2D eigenvalue weighted by Gasteiger charge is 2.50. The van der Waals surface area contributed by atoms with Crippen LogP contribution in [0.5, 0.6) is 0 Å². The molecule has 1 fully saturated rings. The first-order chi connectivity index (χ1) is 7.54. The molecule has 0 aromatic rings. The van der Waals surface area contributed by atoms with Gasteiger partial charge in [-0.1, -0.05) is 11.8 Å². The van der Waals surface area contributed by atoms with E-state index in [1.165, 1.54) is 18.7 Å². The normalized spacial score (nSPS) is 44.8. The number of amidine groups is 1. The number of thioether (sulfide) groups is 1. The fourth-order valence-electron chi connectivity index (χ4n) is 1.88. The van der Waals surface area contributed by atoms with Gasteiger partial charge in [-0.05, 0) is 6.92 Å². The Kier molecular flexibility index (Phi) is 3.39. The molecule has 2 aliphatic heterocycles. The highest BCUT2D eigenvalue weighted by atomic mass is 32.2. The number of ether oxygens (including phenoxy) is 1. The van der Waals surface area contributed by atoms with Crippen LogP contribution in [0.3, 0.4) is 0 Å². The summed E-state index contributed by atoms with van der Waals surface area (Å²) in [7, 11) is 1.69. The Labute approximate surface area is 97.1 Å². The first-order valence-corrected chi connectivity index (χ1v) is 6.00. The van der Waals surface area contributed by atoms with Crippen molar-refractivity contribution in [3.05, 3.63) is 0 Å². The second kappa shape index (κ2) is 4.48. The van der Waals surface area contributed by atoms with Gasteiger partial charge in [0.25, 0.3) is 0 Å². The van der Waals surface area contributed by atoms with Crippen LogP contribution in [0, 0.1) is 0 Å². The lowest BCUT2D eigenvalue weighted by atomic mass is 9.97. The van der Waals surface area contributed by atoms with Crippen molar-refractivity contribution < 1.29 is 19.3 Å². The summed E-state index contributed by atoms with van der Waals surface area (Å²) in [6.45, 7) is 1.47. The van der Waals surface area contributed by atoms with Crippen LogP contribution in [0.4, 0.5) is 4.39 Å². The zero-order valence-electron chi connectivity index (χ0n) is 9.00. The van der Waals surface area contributed by atoms with Gasteiger partial charge in [0.1, 0.15) is 23.7 Å². The zero-order valence-corrected chi connectivity index (χ0v) is 9.82. The Bertz CT molecular complexity index is 302. The highest BCUT2D eigenvalue weighted by Crippen LogP contribution is 2.37. The molecule has 7 heteroatoms. The van der Waals surface area contributed by atoms with Crippen molar-refractivity contribution in [3.63, 3.8) is 0 Å². The van der Waals surface area contributed by atoms with E-state index in [0.29, 0.717) is 5.17 Å². The van der Waals surface area contributed by atoms with Crippen LogP contribution < -0.4 is 5.32 Å². The molecule has 6 atom stereocenters. The van der Waals surface area contributed by atoms with E-state index in [9.17, 15) is 14.6 Å². The second-order valence-electron chi connectivity index (χ2n) is 3.94. The molecule has 2 rings (SSSR count). The number of halogens is 1. The van der Waals surface area contributed by atoms with Gasteiger partial charge in [-0.25, -0.2) is 4.39 Å². The van der Waals surface area contributed by atoms with Crippen molar-refractivity contribution in [2.75, 3.05) is 7.05 Å². The molecule has 0 aliphatic carbocycles. The van der Waals surface area contributed by atoms with Gasteiger partial charge in [0, 0.05) is 7.05 Å². The summed E-state index contributed by atoms with van der Waals surface area (Å²) in [5.41, 5.74) is -0.472.